The van der Waals surface area contributed by atoms with Crippen LogP contribution in [0.15, 0.2) is 12.3 Å². The van der Waals surface area contributed by atoms with Crippen LogP contribution in [-0.4, -0.2) is 34.4 Å². The third-order valence-corrected chi connectivity index (χ3v) is 2.87. The highest BCUT2D eigenvalue weighted by molar-refractivity contribution is 14.1. The van der Waals surface area contributed by atoms with Gasteiger partial charge in [0.15, 0.2) is 6.10 Å². The first-order valence-electron chi connectivity index (χ1n) is 4.23. The van der Waals surface area contributed by atoms with E-state index in [1.165, 1.54) is 12.3 Å². The highest BCUT2D eigenvalue weighted by Gasteiger charge is 2.30. The quantitative estimate of drug-likeness (QED) is 0.473. The number of methoxy groups -OCH3 is 1. The Labute approximate surface area is 104 Å². The van der Waals surface area contributed by atoms with Gasteiger partial charge >= 0.3 is 5.97 Å². The molecule has 1 aromatic rings. The van der Waals surface area contributed by atoms with E-state index in [4.69, 9.17) is 0 Å². The van der Waals surface area contributed by atoms with E-state index >= 15 is 0 Å². The SMILES string of the molecule is COC(=O)C(O)C(O)c1c(I)ccnc1F. The maximum atomic E-state index is 13.3. The summed E-state index contributed by atoms with van der Waals surface area (Å²) in [6.45, 7) is 0. The molecular weight excluding hydrogens is 332 g/mol. The second-order valence-electron chi connectivity index (χ2n) is 2.91. The van der Waals surface area contributed by atoms with Crippen LogP contribution in [0.2, 0.25) is 0 Å². The molecule has 16 heavy (non-hydrogen) atoms. The molecule has 0 radical (unpaired) electrons. The van der Waals surface area contributed by atoms with Gasteiger partial charge in [0, 0.05) is 9.77 Å². The predicted molar refractivity (Wildman–Crippen MR) is 59.9 cm³/mol. The van der Waals surface area contributed by atoms with E-state index in [1.54, 1.807) is 22.6 Å². The molecule has 2 N–H and O–H groups in total. The van der Waals surface area contributed by atoms with Crippen LogP contribution in [0.1, 0.15) is 11.7 Å². The van der Waals surface area contributed by atoms with Crippen LogP contribution in [0, 0.1) is 9.52 Å². The predicted octanol–water partition coefficient (Wildman–Crippen LogP) is 0.393. The lowest BCUT2D eigenvalue weighted by Crippen LogP contribution is -2.30. The summed E-state index contributed by atoms with van der Waals surface area (Å²) in [5, 5.41) is 19.0. The van der Waals surface area contributed by atoms with Crippen LogP contribution < -0.4 is 0 Å². The fraction of sp³-hybridized carbons (Fsp3) is 0.333. The summed E-state index contributed by atoms with van der Waals surface area (Å²) in [6.07, 6.45) is -2.32. The molecule has 5 nitrogen and oxygen atoms in total. The van der Waals surface area contributed by atoms with Crippen LogP contribution in [0.4, 0.5) is 4.39 Å². The number of aliphatic hydroxyl groups is 2. The van der Waals surface area contributed by atoms with Gasteiger partial charge in [0.05, 0.1) is 12.7 Å². The molecule has 0 bridgehead atoms. The van der Waals surface area contributed by atoms with Gasteiger partial charge in [-0.25, -0.2) is 9.78 Å². The van der Waals surface area contributed by atoms with Crippen molar-refractivity contribution < 1.29 is 24.1 Å². The number of rotatable bonds is 3. The monoisotopic (exact) mass is 341 g/mol. The third-order valence-electron chi connectivity index (χ3n) is 1.93. The Hall–Kier alpha value is -0.800. The van der Waals surface area contributed by atoms with Gasteiger partial charge in [-0.05, 0) is 28.7 Å². The number of hydrogen-bond donors (Lipinski definition) is 2. The van der Waals surface area contributed by atoms with Crippen LogP contribution in [-0.2, 0) is 9.53 Å². The van der Waals surface area contributed by atoms with Crippen molar-refractivity contribution in [2.45, 2.75) is 12.2 Å². The molecule has 0 aromatic carbocycles. The van der Waals surface area contributed by atoms with Gasteiger partial charge in [0.2, 0.25) is 5.95 Å². The van der Waals surface area contributed by atoms with Gasteiger partial charge in [-0.15, -0.1) is 0 Å². The standard InChI is InChI=1S/C9H9FINO4/c1-16-9(15)7(14)6(13)5-4(11)2-3-12-8(5)10/h2-3,6-7,13-14H,1H3. The Morgan fingerprint density at radius 1 is 1.62 bits per heavy atom. The van der Waals surface area contributed by atoms with Gasteiger partial charge in [-0.2, -0.15) is 4.39 Å². The number of carbonyl (C=O) groups is 1. The van der Waals surface area contributed by atoms with E-state index in [9.17, 15) is 19.4 Å². The molecule has 0 fully saturated rings. The summed E-state index contributed by atoms with van der Waals surface area (Å²) in [5.41, 5.74) is -0.221. The van der Waals surface area contributed by atoms with Crippen molar-refractivity contribution in [1.29, 1.82) is 0 Å². The molecule has 1 heterocycles. The van der Waals surface area contributed by atoms with Gasteiger partial charge in [-0.1, -0.05) is 0 Å². The smallest absolute Gasteiger partial charge is 0.337 e. The maximum absolute atomic E-state index is 13.3. The van der Waals surface area contributed by atoms with E-state index in [0.29, 0.717) is 3.57 Å². The number of ether oxygens (including phenoxy) is 1. The molecular formula is C9H9FINO4. The van der Waals surface area contributed by atoms with Crippen molar-refractivity contribution in [3.05, 3.63) is 27.3 Å². The summed E-state index contributed by atoms with van der Waals surface area (Å²) in [4.78, 5) is 14.3. The highest BCUT2D eigenvalue weighted by atomic mass is 127. The Bertz CT molecular complexity index is 381. The number of carbonyl (C=O) groups excluding carboxylic acids is 1. The number of aromatic nitrogens is 1. The minimum Gasteiger partial charge on any atom is -0.467 e. The number of nitrogens with zero attached hydrogens (tertiary/aromatic N) is 1. The van der Waals surface area contributed by atoms with E-state index < -0.39 is 24.1 Å². The van der Waals surface area contributed by atoms with Crippen LogP contribution in [0.25, 0.3) is 0 Å². The van der Waals surface area contributed by atoms with Crippen molar-refractivity contribution in [1.82, 2.24) is 4.98 Å². The van der Waals surface area contributed by atoms with Gasteiger partial charge in [0.25, 0.3) is 0 Å². The number of esters is 1. The second-order valence-corrected chi connectivity index (χ2v) is 4.07. The third kappa shape index (κ3) is 2.66. The summed E-state index contributed by atoms with van der Waals surface area (Å²) < 4.78 is 17.9. The summed E-state index contributed by atoms with van der Waals surface area (Å²) in [6, 6.07) is 1.45. The molecule has 2 unspecified atom stereocenters. The van der Waals surface area contributed by atoms with Gasteiger partial charge < -0.3 is 14.9 Å². The lowest BCUT2D eigenvalue weighted by Gasteiger charge is -2.17. The van der Waals surface area contributed by atoms with Crippen molar-refractivity contribution in [2.75, 3.05) is 7.11 Å². The molecule has 2 atom stereocenters. The molecule has 1 rings (SSSR count). The number of aliphatic hydroxyl groups excluding tert-OH is 2. The molecule has 0 amide bonds. The van der Waals surface area contributed by atoms with E-state index in [-0.39, 0.29) is 5.56 Å². The molecule has 0 aliphatic rings. The Balaban J connectivity index is 3.04. The first kappa shape index (κ1) is 13.3. The Morgan fingerprint density at radius 3 is 2.75 bits per heavy atom. The van der Waals surface area contributed by atoms with Crippen molar-refractivity contribution >= 4 is 28.6 Å². The number of hydrogen-bond acceptors (Lipinski definition) is 5. The lowest BCUT2D eigenvalue weighted by atomic mass is 10.1. The molecule has 88 valence electrons. The number of halogens is 2. The Kier molecular flexibility index (Phi) is 4.56. The largest absolute Gasteiger partial charge is 0.467 e. The topological polar surface area (TPSA) is 79.7 Å². The zero-order valence-electron chi connectivity index (χ0n) is 8.22. The molecule has 7 heteroatoms. The molecule has 0 spiro atoms. The number of pyridine rings is 1. The zero-order valence-corrected chi connectivity index (χ0v) is 10.4. The molecule has 0 saturated heterocycles. The van der Waals surface area contributed by atoms with Crippen molar-refractivity contribution in [3.63, 3.8) is 0 Å². The van der Waals surface area contributed by atoms with E-state index in [1.807, 2.05) is 0 Å². The minimum absolute atomic E-state index is 0.221. The molecule has 0 aliphatic heterocycles. The molecule has 0 aliphatic carbocycles. The van der Waals surface area contributed by atoms with Crippen LogP contribution >= 0.6 is 22.6 Å². The van der Waals surface area contributed by atoms with Crippen molar-refractivity contribution in [3.8, 4) is 0 Å². The van der Waals surface area contributed by atoms with Gasteiger partial charge in [-0.3, -0.25) is 0 Å². The Morgan fingerprint density at radius 2 is 2.25 bits per heavy atom. The fourth-order valence-electron chi connectivity index (χ4n) is 1.10. The molecule has 1 aromatic heterocycles. The average molecular weight is 341 g/mol. The lowest BCUT2D eigenvalue weighted by molar-refractivity contribution is -0.157. The fourth-order valence-corrected chi connectivity index (χ4v) is 1.80. The highest BCUT2D eigenvalue weighted by Crippen LogP contribution is 2.24. The van der Waals surface area contributed by atoms with E-state index in [2.05, 4.69) is 9.72 Å². The average Bonchev–Trinajstić information content (AvgIpc) is 2.26. The first-order chi connectivity index (χ1) is 7.49. The van der Waals surface area contributed by atoms with E-state index in [0.717, 1.165) is 7.11 Å². The van der Waals surface area contributed by atoms with Crippen molar-refractivity contribution in [2.24, 2.45) is 0 Å². The van der Waals surface area contributed by atoms with Crippen LogP contribution in [0.3, 0.4) is 0 Å². The van der Waals surface area contributed by atoms with Crippen LogP contribution in [0.5, 0.6) is 0 Å². The summed E-state index contributed by atoms with van der Waals surface area (Å²) in [5.74, 6) is -1.96. The zero-order chi connectivity index (χ0) is 12.3. The normalized spacial score (nSPS) is 14.3. The van der Waals surface area contributed by atoms with Gasteiger partial charge in [0.1, 0.15) is 6.10 Å². The first-order valence-corrected chi connectivity index (χ1v) is 5.30. The maximum Gasteiger partial charge on any atom is 0.337 e. The summed E-state index contributed by atoms with van der Waals surface area (Å²) >= 11 is 1.77. The minimum atomic E-state index is -1.84. The summed E-state index contributed by atoms with van der Waals surface area (Å²) in [7, 11) is 1.06. The molecule has 0 saturated carbocycles. The second kappa shape index (κ2) is 5.51.